The number of aldehydes is 1. The summed E-state index contributed by atoms with van der Waals surface area (Å²) in [6.45, 7) is 0.139. The first-order chi connectivity index (χ1) is 4.41. The average molecular weight is 145 g/mol. The molecule has 0 fully saturated rings. The number of rotatable bonds is 1. The van der Waals surface area contributed by atoms with Gasteiger partial charge in [0.15, 0.2) is 0 Å². The van der Waals surface area contributed by atoms with Crippen molar-refractivity contribution in [2.24, 2.45) is 5.73 Å². The van der Waals surface area contributed by atoms with Gasteiger partial charge in [0, 0.05) is 11.9 Å². The van der Waals surface area contributed by atoms with Crippen LogP contribution in [0.15, 0.2) is 11.6 Å². The lowest BCUT2D eigenvalue weighted by Crippen LogP contribution is -1.97. The van der Waals surface area contributed by atoms with Crippen molar-refractivity contribution >= 4 is 17.8 Å². The molecule has 2 N–H and O–H groups in total. The predicted octanol–water partition coefficient (Wildman–Crippen LogP) is -0.318. The van der Waals surface area contributed by atoms with E-state index >= 15 is 0 Å². The Morgan fingerprint density at radius 1 is 1.78 bits per heavy atom. The molecule has 0 radical (unpaired) electrons. The monoisotopic (exact) mass is 145 g/mol. The van der Waals surface area contributed by atoms with Crippen molar-refractivity contribution in [3.05, 3.63) is 11.6 Å². The van der Waals surface area contributed by atoms with E-state index in [-0.39, 0.29) is 6.54 Å². The second kappa shape index (κ2) is 7.19. The lowest BCUT2D eigenvalue weighted by atomic mass is 10.8. The first kappa shape index (κ1) is 8.19. The van der Waals surface area contributed by atoms with Crippen LogP contribution in [0.4, 0.5) is 0 Å². The lowest BCUT2D eigenvalue weighted by molar-refractivity contribution is -0.106. The van der Waals surface area contributed by atoms with Gasteiger partial charge in [-0.15, -0.1) is 5.10 Å². The minimum atomic E-state index is 0.139. The standard InChI is InChI=1S/C2H2N2S.C2H5NO/c1-2-5-4-3-1;3-1-2-4/h1-2H;2H,1,3H2. The van der Waals surface area contributed by atoms with E-state index in [1.165, 1.54) is 11.5 Å². The third-order valence-electron chi connectivity index (χ3n) is 0.379. The van der Waals surface area contributed by atoms with Crippen LogP contribution < -0.4 is 5.73 Å². The molecule has 1 aromatic heterocycles. The predicted molar refractivity (Wildman–Crippen MR) is 35.0 cm³/mol. The minimum Gasteiger partial charge on any atom is -0.324 e. The van der Waals surface area contributed by atoms with E-state index in [1.807, 2.05) is 5.38 Å². The van der Waals surface area contributed by atoms with Crippen LogP contribution in [0.25, 0.3) is 0 Å². The average Bonchev–Trinajstić information content (AvgIpc) is 2.43. The molecule has 0 aliphatic heterocycles. The number of carbonyl (C=O) groups is 1. The molecule has 0 atom stereocenters. The third kappa shape index (κ3) is 7.19. The van der Waals surface area contributed by atoms with E-state index < -0.39 is 0 Å². The Kier molecular flexibility index (Phi) is 6.54. The highest BCUT2D eigenvalue weighted by molar-refractivity contribution is 7.03. The van der Waals surface area contributed by atoms with Crippen LogP contribution >= 0.6 is 11.5 Å². The van der Waals surface area contributed by atoms with Crippen molar-refractivity contribution in [3.8, 4) is 0 Å². The second-order valence-corrected chi connectivity index (χ2v) is 1.64. The Balaban J connectivity index is 0.000000148. The molecule has 0 aliphatic rings. The summed E-state index contributed by atoms with van der Waals surface area (Å²) in [6, 6.07) is 0. The molecule has 9 heavy (non-hydrogen) atoms. The van der Waals surface area contributed by atoms with Gasteiger partial charge in [-0.1, -0.05) is 4.49 Å². The van der Waals surface area contributed by atoms with E-state index in [9.17, 15) is 0 Å². The van der Waals surface area contributed by atoms with Gasteiger partial charge in [0.25, 0.3) is 0 Å². The van der Waals surface area contributed by atoms with Gasteiger partial charge >= 0.3 is 0 Å². The van der Waals surface area contributed by atoms with Gasteiger partial charge in [-0.25, -0.2) is 0 Å². The fourth-order valence-electron chi connectivity index (χ4n) is 0.136. The number of hydrogen-bond donors (Lipinski definition) is 1. The van der Waals surface area contributed by atoms with Crippen LogP contribution in [0.1, 0.15) is 0 Å². The lowest BCUT2D eigenvalue weighted by Gasteiger charge is -1.55. The number of carbonyl (C=O) groups excluding carboxylic acids is 1. The molecule has 0 bridgehead atoms. The van der Waals surface area contributed by atoms with Crippen LogP contribution in [-0.4, -0.2) is 22.4 Å². The van der Waals surface area contributed by atoms with E-state index in [2.05, 4.69) is 15.3 Å². The third-order valence-corrected chi connectivity index (χ3v) is 0.811. The molecule has 4 nitrogen and oxygen atoms in total. The Morgan fingerprint density at radius 3 is 2.56 bits per heavy atom. The van der Waals surface area contributed by atoms with Crippen molar-refractivity contribution < 1.29 is 4.79 Å². The molecule has 0 unspecified atom stereocenters. The highest BCUT2D eigenvalue weighted by atomic mass is 32.1. The zero-order chi connectivity index (χ0) is 6.95. The van der Waals surface area contributed by atoms with Gasteiger partial charge in [0.05, 0.1) is 6.20 Å². The summed E-state index contributed by atoms with van der Waals surface area (Å²) in [5.74, 6) is 0. The maximum Gasteiger partial charge on any atom is 0.133 e. The zero-order valence-electron chi connectivity index (χ0n) is 4.73. The molecule has 1 heterocycles. The first-order valence-electron chi connectivity index (χ1n) is 2.26. The van der Waals surface area contributed by atoms with Gasteiger partial charge in [-0.05, 0) is 11.5 Å². The molecule has 0 aliphatic carbocycles. The first-order valence-corrected chi connectivity index (χ1v) is 3.10. The topological polar surface area (TPSA) is 68.9 Å². The molecular weight excluding hydrogens is 138 g/mol. The smallest absolute Gasteiger partial charge is 0.133 e. The number of nitrogens with zero attached hydrogens (tertiary/aromatic N) is 2. The number of aromatic nitrogens is 2. The summed E-state index contributed by atoms with van der Waals surface area (Å²) in [5, 5.41) is 5.31. The van der Waals surface area contributed by atoms with Crippen molar-refractivity contribution in [2.45, 2.75) is 0 Å². The maximum atomic E-state index is 9.05. The second-order valence-electron chi connectivity index (χ2n) is 0.990. The van der Waals surface area contributed by atoms with Crippen LogP contribution in [-0.2, 0) is 4.79 Å². The summed E-state index contributed by atoms with van der Waals surface area (Å²) in [7, 11) is 0. The van der Waals surface area contributed by atoms with Crippen LogP contribution in [0.3, 0.4) is 0 Å². The molecule has 0 aromatic carbocycles. The Hall–Kier alpha value is -0.810. The Morgan fingerprint density at radius 2 is 2.44 bits per heavy atom. The zero-order valence-corrected chi connectivity index (χ0v) is 5.54. The Labute approximate surface area is 56.9 Å². The largest absolute Gasteiger partial charge is 0.324 e. The molecule has 0 amide bonds. The summed E-state index contributed by atoms with van der Waals surface area (Å²) in [6.07, 6.45) is 2.31. The van der Waals surface area contributed by atoms with Crippen molar-refractivity contribution in [1.29, 1.82) is 0 Å². The Bertz CT molecular complexity index is 113. The summed E-state index contributed by atoms with van der Waals surface area (Å²) in [4.78, 5) is 9.05. The van der Waals surface area contributed by atoms with Crippen LogP contribution in [0.5, 0.6) is 0 Å². The molecule has 0 saturated heterocycles. The SMILES string of the molecule is NCC=O.c1csnn1. The van der Waals surface area contributed by atoms with Gasteiger partial charge in [-0.2, -0.15) is 0 Å². The fraction of sp³-hybridized carbons (Fsp3) is 0.250. The molecule has 1 rings (SSSR count). The molecule has 5 heteroatoms. The molecule has 50 valence electrons. The molecular formula is C4H7N3OS. The van der Waals surface area contributed by atoms with Gasteiger partial charge in [0.1, 0.15) is 6.29 Å². The van der Waals surface area contributed by atoms with Crippen LogP contribution in [0, 0.1) is 0 Å². The van der Waals surface area contributed by atoms with Crippen LogP contribution in [0.2, 0.25) is 0 Å². The molecule has 0 spiro atoms. The van der Waals surface area contributed by atoms with Crippen molar-refractivity contribution in [3.63, 3.8) is 0 Å². The highest BCUT2D eigenvalue weighted by Crippen LogP contribution is 1.78. The highest BCUT2D eigenvalue weighted by Gasteiger charge is 1.61. The van der Waals surface area contributed by atoms with Gasteiger partial charge in [-0.3, -0.25) is 0 Å². The minimum absolute atomic E-state index is 0.139. The summed E-state index contributed by atoms with van der Waals surface area (Å²) >= 11 is 1.35. The maximum absolute atomic E-state index is 9.05. The normalized spacial score (nSPS) is 7.22. The van der Waals surface area contributed by atoms with E-state index in [4.69, 9.17) is 4.79 Å². The quantitative estimate of drug-likeness (QED) is 0.550. The molecule has 0 saturated carbocycles. The summed E-state index contributed by atoms with van der Waals surface area (Å²) < 4.78 is 3.51. The van der Waals surface area contributed by atoms with Gasteiger partial charge < -0.3 is 10.5 Å². The summed E-state index contributed by atoms with van der Waals surface area (Å²) in [5.41, 5.74) is 4.66. The molecule has 1 aromatic rings. The number of nitrogens with two attached hydrogens (primary N) is 1. The van der Waals surface area contributed by atoms with Gasteiger partial charge in [0.2, 0.25) is 0 Å². The van der Waals surface area contributed by atoms with E-state index in [1.54, 1.807) is 6.20 Å². The van der Waals surface area contributed by atoms with E-state index in [0.29, 0.717) is 6.29 Å². The van der Waals surface area contributed by atoms with E-state index in [0.717, 1.165) is 0 Å². The fourth-order valence-corrected chi connectivity index (χ4v) is 0.408. The number of hydrogen-bond acceptors (Lipinski definition) is 5. The van der Waals surface area contributed by atoms with Crippen molar-refractivity contribution in [1.82, 2.24) is 9.59 Å². The van der Waals surface area contributed by atoms with Crippen molar-refractivity contribution in [2.75, 3.05) is 6.54 Å².